The van der Waals surface area contributed by atoms with E-state index < -0.39 is 12.2 Å². The summed E-state index contributed by atoms with van der Waals surface area (Å²) in [5.41, 5.74) is 1.54. The van der Waals surface area contributed by atoms with Crippen molar-refractivity contribution in [3.05, 3.63) is 40.4 Å². The maximum Gasteiger partial charge on any atom is 0.174 e. The Morgan fingerprint density at radius 2 is 1.90 bits per heavy atom. The van der Waals surface area contributed by atoms with Gasteiger partial charge in [-0.1, -0.05) is 47.4 Å². The molecule has 5 nitrogen and oxygen atoms in total. The lowest BCUT2D eigenvalue weighted by Gasteiger charge is -2.15. The fraction of sp³-hybridized carbons (Fsp3) is 0.429. The zero-order chi connectivity index (χ0) is 15.2. The minimum Gasteiger partial charge on any atom is -0.392 e. The van der Waals surface area contributed by atoms with E-state index in [2.05, 4.69) is 10.2 Å². The summed E-state index contributed by atoms with van der Waals surface area (Å²) in [6.07, 6.45) is -1.07. The highest BCUT2D eigenvalue weighted by Gasteiger charge is 2.15. The van der Waals surface area contributed by atoms with E-state index in [4.69, 9.17) is 5.11 Å². The normalized spacial score (nSPS) is 14.1. The molecule has 0 aliphatic heterocycles. The van der Waals surface area contributed by atoms with E-state index in [0.717, 1.165) is 20.5 Å². The molecule has 1 heterocycles. The molecule has 2 aromatic rings. The fourth-order valence-electron chi connectivity index (χ4n) is 1.81. The highest BCUT2D eigenvalue weighted by molar-refractivity contribution is 8.01. The number of hydrogen-bond donors (Lipinski definition) is 3. The average Bonchev–Trinajstić information content (AvgIpc) is 2.91. The van der Waals surface area contributed by atoms with Crippen molar-refractivity contribution < 1.29 is 15.3 Å². The Morgan fingerprint density at radius 1 is 1.19 bits per heavy atom. The summed E-state index contributed by atoms with van der Waals surface area (Å²) in [5.74, 6) is 0.473. The van der Waals surface area contributed by atoms with Crippen LogP contribution in [0.4, 0.5) is 0 Å². The topological polar surface area (TPSA) is 86.5 Å². The highest BCUT2D eigenvalue weighted by Crippen LogP contribution is 2.25. The first kappa shape index (κ1) is 16.4. The number of thioether (sulfide) groups is 1. The lowest BCUT2D eigenvalue weighted by atomic mass is 10.0. The standard InChI is InChI=1S/C14H18N2O3S2/c1-9-15-16-14(21-9)20-8-12(18)6-13(19)11-4-2-10(7-17)3-5-11/h2-5,12-13,17-19H,6-8H2,1H3. The number of hydrogen-bond acceptors (Lipinski definition) is 7. The van der Waals surface area contributed by atoms with Crippen molar-refractivity contribution >= 4 is 23.1 Å². The molecular weight excluding hydrogens is 308 g/mol. The van der Waals surface area contributed by atoms with Crippen LogP contribution < -0.4 is 0 Å². The van der Waals surface area contributed by atoms with Crippen LogP contribution in [0, 0.1) is 6.92 Å². The summed E-state index contributed by atoms with van der Waals surface area (Å²) >= 11 is 2.94. The predicted molar refractivity (Wildman–Crippen MR) is 83.3 cm³/mol. The molecule has 2 unspecified atom stereocenters. The Morgan fingerprint density at radius 3 is 2.48 bits per heavy atom. The average molecular weight is 326 g/mol. The summed E-state index contributed by atoms with van der Waals surface area (Å²) in [7, 11) is 0. The van der Waals surface area contributed by atoms with E-state index in [1.807, 2.05) is 6.92 Å². The minimum atomic E-state index is -0.718. The molecule has 1 aromatic heterocycles. The van der Waals surface area contributed by atoms with Crippen LogP contribution in [0.3, 0.4) is 0 Å². The molecule has 7 heteroatoms. The van der Waals surface area contributed by atoms with Crippen molar-refractivity contribution in [3.63, 3.8) is 0 Å². The number of aliphatic hydroxyl groups excluding tert-OH is 3. The maximum atomic E-state index is 10.1. The van der Waals surface area contributed by atoms with Gasteiger partial charge in [-0.2, -0.15) is 0 Å². The van der Waals surface area contributed by atoms with Crippen LogP contribution >= 0.6 is 23.1 Å². The molecular formula is C14H18N2O3S2. The molecule has 114 valence electrons. The molecule has 0 saturated heterocycles. The van der Waals surface area contributed by atoms with E-state index in [1.54, 1.807) is 24.3 Å². The third-order valence-electron chi connectivity index (χ3n) is 2.95. The van der Waals surface area contributed by atoms with Crippen molar-refractivity contribution in [1.82, 2.24) is 10.2 Å². The quantitative estimate of drug-likeness (QED) is 0.674. The molecule has 0 spiro atoms. The molecule has 0 amide bonds. The van der Waals surface area contributed by atoms with Crippen LogP contribution in [-0.4, -0.2) is 37.4 Å². The Bertz CT molecular complexity index is 560. The first-order valence-corrected chi connectivity index (χ1v) is 8.37. The van der Waals surface area contributed by atoms with Gasteiger partial charge in [-0.3, -0.25) is 0 Å². The number of aliphatic hydroxyl groups is 3. The van der Waals surface area contributed by atoms with Gasteiger partial charge in [0.1, 0.15) is 5.01 Å². The SMILES string of the molecule is Cc1nnc(SCC(O)CC(O)c2ccc(CO)cc2)s1. The second kappa shape index (κ2) is 7.86. The largest absolute Gasteiger partial charge is 0.392 e. The lowest BCUT2D eigenvalue weighted by Crippen LogP contribution is -2.15. The molecule has 0 radical (unpaired) electrons. The number of rotatable bonds is 7. The van der Waals surface area contributed by atoms with Crippen LogP contribution in [0.5, 0.6) is 0 Å². The van der Waals surface area contributed by atoms with Crippen molar-refractivity contribution in [2.45, 2.75) is 36.5 Å². The highest BCUT2D eigenvalue weighted by atomic mass is 32.2. The summed E-state index contributed by atoms with van der Waals surface area (Å²) in [6, 6.07) is 7.07. The molecule has 3 N–H and O–H groups in total. The van der Waals surface area contributed by atoms with E-state index in [1.165, 1.54) is 23.1 Å². The Balaban J connectivity index is 1.81. The van der Waals surface area contributed by atoms with Crippen LogP contribution in [0.25, 0.3) is 0 Å². The number of aryl methyl sites for hydroxylation is 1. The molecule has 21 heavy (non-hydrogen) atoms. The third kappa shape index (κ3) is 5.05. The van der Waals surface area contributed by atoms with Crippen molar-refractivity contribution in [1.29, 1.82) is 0 Å². The fourth-order valence-corrected chi connectivity index (χ4v) is 3.60. The molecule has 2 atom stereocenters. The van der Waals surface area contributed by atoms with Crippen molar-refractivity contribution in [3.8, 4) is 0 Å². The summed E-state index contributed by atoms with van der Waals surface area (Å²) in [5, 5.41) is 37.9. The smallest absolute Gasteiger partial charge is 0.174 e. The Kier molecular flexibility index (Phi) is 6.13. The monoisotopic (exact) mass is 326 g/mol. The van der Waals surface area contributed by atoms with Gasteiger partial charge in [-0.25, -0.2) is 0 Å². The van der Waals surface area contributed by atoms with Gasteiger partial charge in [-0.05, 0) is 18.1 Å². The second-order valence-electron chi connectivity index (χ2n) is 4.70. The zero-order valence-electron chi connectivity index (χ0n) is 11.6. The minimum absolute atomic E-state index is 0.0170. The van der Waals surface area contributed by atoms with Gasteiger partial charge >= 0.3 is 0 Å². The Hall–Kier alpha value is -0.990. The number of benzene rings is 1. The molecule has 0 bridgehead atoms. The van der Waals surface area contributed by atoms with Gasteiger partial charge in [0.2, 0.25) is 0 Å². The van der Waals surface area contributed by atoms with Gasteiger partial charge in [0.15, 0.2) is 4.34 Å². The number of aromatic nitrogens is 2. The van der Waals surface area contributed by atoms with Crippen LogP contribution in [0.2, 0.25) is 0 Å². The zero-order valence-corrected chi connectivity index (χ0v) is 13.3. The van der Waals surface area contributed by atoms with Crippen LogP contribution in [0.15, 0.2) is 28.6 Å². The maximum absolute atomic E-state index is 10.1. The summed E-state index contributed by atoms with van der Waals surface area (Å²) < 4.78 is 0.827. The van der Waals surface area contributed by atoms with Crippen LogP contribution in [0.1, 0.15) is 28.7 Å². The van der Waals surface area contributed by atoms with Gasteiger partial charge in [0.25, 0.3) is 0 Å². The first-order valence-electron chi connectivity index (χ1n) is 6.57. The van der Waals surface area contributed by atoms with Gasteiger partial charge < -0.3 is 15.3 Å². The first-order chi connectivity index (χ1) is 10.1. The van der Waals surface area contributed by atoms with Gasteiger partial charge in [0, 0.05) is 12.2 Å². The van der Waals surface area contributed by atoms with Gasteiger partial charge in [0.05, 0.1) is 18.8 Å². The predicted octanol–water partition coefficient (Wildman–Crippen LogP) is 1.92. The molecule has 0 fully saturated rings. The lowest BCUT2D eigenvalue weighted by molar-refractivity contribution is 0.0931. The van der Waals surface area contributed by atoms with Crippen molar-refractivity contribution in [2.75, 3.05) is 5.75 Å². The van der Waals surface area contributed by atoms with E-state index in [9.17, 15) is 10.2 Å². The second-order valence-corrected chi connectivity index (χ2v) is 7.15. The molecule has 0 aliphatic rings. The Labute approximate surface area is 131 Å². The molecule has 0 saturated carbocycles. The van der Waals surface area contributed by atoms with Crippen molar-refractivity contribution in [2.24, 2.45) is 0 Å². The third-order valence-corrected chi connectivity index (χ3v) is 5.07. The van der Waals surface area contributed by atoms with Crippen LogP contribution in [-0.2, 0) is 6.61 Å². The number of nitrogens with zero attached hydrogens (tertiary/aromatic N) is 2. The van der Waals surface area contributed by atoms with E-state index >= 15 is 0 Å². The van der Waals surface area contributed by atoms with E-state index in [-0.39, 0.29) is 13.0 Å². The molecule has 1 aromatic carbocycles. The summed E-state index contributed by atoms with van der Waals surface area (Å²) in [6.45, 7) is 1.87. The van der Waals surface area contributed by atoms with E-state index in [0.29, 0.717) is 5.75 Å². The molecule has 2 rings (SSSR count). The summed E-state index contributed by atoms with van der Waals surface area (Å²) in [4.78, 5) is 0. The van der Waals surface area contributed by atoms with Gasteiger partial charge in [-0.15, -0.1) is 10.2 Å². The molecule has 0 aliphatic carbocycles.